The highest BCUT2D eigenvalue weighted by atomic mass is 35.5. The average Bonchev–Trinajstić information content (AvgIpc) is 2.67. The Morgan fingerprint density at radius 2 is 1.70 bits per heavy atom. The minimum atomic E-state index is -0.125. The third kappa shape index (κ3) is 1.72. The van der Waals surface area contributed by atoms with Crippen molar-refractivity contribution in [2.75, 3.05) is 0 Å². The molecular formula is C14H12Cl2N2O2. The first-order valence-corrected chi connectivity index (χ1v) is 6.43. The van der Waals surface area contributed by atoms with Crippen LogP contribution in [0.5, 0.6) is 0 Å². The fourth-order valence-corrected chi connectivity index (χ4v) is 2.99. The molecule has 6 heteroatoms. The van der Waals surface area contributed by atoms with Crippen LogP contribution in [0, 0.1) is 0 Å². The zero-order chi connectivity index (χ0) is 13.7. The van der Waals surface area contributed by atoms with E-state index < -0.39 is 0 Å². The molecule has 0 fully saturated rings. The van der Waals surface area contributed by atoms with E-state index in [2.05, 4.69) is 0 Å². The first kappa shape index (κ1) is 14.8. The molecule has 1 heterocycles. The Morgan fingerprint density at radius 1 is 1.15 bits per heavy atom. The minimum absolute atomic E-state index is 0. The van der Waals surface area contributed by atoms with Gasteiger partial charge in [0.1, 0.15) is 5.88 Å². The van der Waals surface area contributed by atoms with Crippen molar-refractivity contribution in [2.45, 2.75) is 5.88 Å². The second-order valence-corrected chi connectivity index (χ2v) is 4.84. The highest BCUT2D eigenvalue weighted by Gasteiger charge is 2.41. The summed E-state index contributed by atoms with van der Waals surface area (Å²) in [4.78, 5) is 25.1. The monoisotopic (exact) mass is 310 g/mol. The van der Waals surface area contributed by atoms with Crippen LogP contribution < -0.4 is 17.0 Å². The van der Waals surface area contributed by atoms with Gasteiger partial charge < -0.3 is 12.4 Å². The molecule has 1 aliphatic rings. The van der Waals surface area contributed by atoms with E-state index in [-0.39, 0.29) is 29.9 Å². The lowest BCUT2D eigenvalue weighted by Crippen LogP contribution is -3.00. The maximum atomic E-state index is 12.5. The Hall–Kier alpha value is -1.65. The molecule has 20 heavy (non-hydrogen) atoms. The van der Waals surface area contributed by atoms with Crippen LogP contribution in [0.3, 0.4) is 0 Å². The van der Waals surface area contributed by atoms with E-state index >= 15 is 0 Å². The number of hydrogen-bond donors (Lipinski definition) is 0. The molecule has 104 valence electrons. The molecule has 0 radical (unpaired) electrons. The fraction of sp³-hybridized carbons (Fsp3) is 0.214. The first-order valence-electron chi connectivity index (χ1n) is 5.90. The molecule has 0 spiro atoms. The lowest BCUT2D eigenvalue weighted by atomic mass is 9.90. The molecule has 4 nitrogen and oxygen atoms in total. The number of carbonyl (C=O) groups is 2. The molecule has 1 aromatic carbocycles. The van der Waals surface area contributed by atoms with Gasteiger partial charge in [-0.3, -0.25) is 9.59 Å². The molecule has 2 aromatic rings. The Bertz CT molecular complexity index is 677. The van der Waals surface area contributed by atoms with Crippen molar-refractivity contribution in [1.82, 2.24) is 4.57 Å². The highest BCUT2D eigenvalue weighted by Crippen LogP contribution is 2.26. The van der Waals surface area contributed by atoms with Crippen LogP contribution >= 0.6 is 11.6 Å². The van der Waals surface area contributed by atoms with Crippen molar-refractivity contribution in [1.29, 1.82) is 0 Å². The Morgan fingerprint density at radius 3 is 2.25 bits per heavy atom. The molecule has 0 saturated heterocycles. The van der Waals surface area contributed by atoms with Crippen LogP contribution in [-0.2, 0) is 20.0 Å². The SMILES string of the molecule is Cn1c2c([n+](C)c1CCl)C(=O)c1ccccc1C2=O.[Cl-]. The summed E-state index contributed by atoms with van der Waals surface area (Å²) in [7, 11) is 3.52. The number of rotatable bonds is 1. The quantitative estimate of drug-likeness (QED) is 0.400. The standard InChI is InChI=1S/C14H12ClN2O2.ClH/c1-16-10(7-15)17(2)12-11(16)13(18)8-5-3-4-6-9(8)14(12)19;/h3-6H,7H2,1-2H3;1H/q+1;/p-1. The fourth-order valence-electron chi connectivity index (χ4n) is 2.63. The number of fused-ring (bicyclic) bond motifs is 2. The van der Waals surface area contributed by atoms with Gasteiger partial charge >= 0.3 is 0 Å². The predicted octanol–water partition coefficient (Wildman–Crippen LogP) is -1.63. The number of alkyl halides is 1. The Labute approximate surface area is 127 Å². The van der Waals surface area contributed by atoms with Crippen molar-refractivity contribution in [3.8, 4) is 0 Å². The second-order valence-electron chi connectivity index (χ2n) is 4.57. The Kier molecular flexibility index (Phi) is 3.71. The third-order valence-corrected chi connectivity index (χ3v) is 3.87. The van der Waals surface area contributed by atoms with Gasteiger partial charge in [-0.2, -0.15) is 0 Å². The summed E-state index contributed by atoms with van der Waals surface area (Å²) in [5, 5.41) is 0. The number of imidazole rings is 1. The lowest BCUT2D eigenvalue weighted by Gasteiger charge is -2.11. The summed E-state index contributed by atoms with van der Waals surface area (Å²) in [6.45, 7) is 0. The molecule has 0 atom stereocenters. The molecular weight excluding hydrogens is 299 g/mol. The van der Waals surface area contributed by atoms with Crippen LogP contribution in [0.4, 0.5) is 0 Å². The van der Waals surface area contributed by atoms with E-state index in [0.29, 0.717) is 22.5 Å². The molecule has 1 aromatic heterocycles. The largest absolute Gasteiger partial charge is 1.00 e. The summed E-state index contributed by atoms with van der Waals surface area (Å²) in [5.74, 6) is 0.734. The number of carbonyl (C=O) groups excluding carboxylic acids is 2. The highest BCUT2D eigenvalue weighted by molar-refractivity contribution is 6.26. The number of ketones is 2. The van der Waals surface area contributed by atoms with Gasteiger partial charge in [-0.1, -0.05) is 24.3 Å². The van der Waals surface area contributed by atoms with E-state index in [0.717, 1.165) is 5.82 Å². The second kappa shape index (κ2) is 5.04. The van der Waals surface area contributed by atoms with E-state index in [4.69, 9.17) is 11.6 Å². The van der Waals surface area contributed by atoms with E-state index in [1.165, 1.54) is 0 Å². The normalized spacial score (nSPS) is 12.8. The van der Waals surface area contributed by atoms with Crippen molar-refractivity contribution < 1.29 is 26.6 Å². The van der Waals surface area contributed by atoms with Gasteiger partial charge in [0.25, 0.3) is 5.82 Å². The predicted molar refractivity (Wildman–Crippen MR) is 69.5 cm³/mol. The smallest absolute Gasteiger partial charge is 0.272 e. The van der Waals surface area contributed by atoms with Crippen molar-refractivity contribution in [2.24, 2.45) is 14.1 Å². The van der Waals surface area contributed by atoms with Crippen LogP contribution in [0.2, 0.25) is 0 Å². The molecule has 3 rings (SSSR count). The summed E-state index contributed by atoms with van der Waals surface area (Å²) in [6.07, 6.45) is 0. The van der Waals surface area contributed by atoms with E-state index in [1.807, 2.05) is 0 Å². The molecule has 0 N–H and O–H groups in total. The Balaban J connectivity index is 0.00000147. The van der Waals surface area contributed by atoms with Crippen LogP contribution in [-0.4, -0.2) is 16.1 Å². The number of hydrogen-bond acceptors (Lipinski definition) is 2. The topological polar surface area (TPSA) is 43.0 Å². The average molecular weight is 311 g/mol. The maximum Gasteiger partial charge on any atom is 0.272 e. The van der Waals surface area contributed by atoms with Crippen LogP contribution in [0.15, 0.2) is 24.3 Å². The van der Waals surface area contributed by atoms with Crippen molar-refractivity contribution in [3.05, 3.63) is 52.6 Å². The van der Waals surface area contributed by atoms with Gasteiger partial charge in [-0.05, 0) is 0 Å². The van der Waals surface area contributed by atoms with Gasteiger partial charge in [0.05, 0.1) is 14.1 Å². The van der Waals surface area contributed by atoms with Gasteiger partial charge in [0.2, 0.25) is 23.0 Å². The first-order chi connectivity index (χ1) is 9.07. The summed E-state index contributed by atoms with van der Waals surface area (Å²) in [5.41, 5.74) is 1.76. The van der Waals surface area contributed by atoms with E-state index in [1.54, 1.807) is 47.5 Å². The van der Waals surface area contributed by atoms with Crippen molar-refractivity contribution in [3.63, 3.8) is 0 Å². The van der Waals surface area contributed by atoms with E-state index in [9.17, 15) is 9.59 Å². The number of benzene rings is 1. The van der Waals surface area contributed by atoms with Gasteiger partial charge in [-0.15, -0.1) is 11.6 Å². The van der Waals surface area contributed by atoms with Gasteiger partial charge in [0.15, 0.2) is 0 Å². The number of halogens is 2. The lowest BCUT2D eigenvalue weighted by molar-refractivity contribution is -0.679. The zero-order valence-electron chi connectivity index (χ0n) is 11.0. The molecule has 0 saturated carbocycles. The molecule has 0 unspecified atom stereocenters. The maximum absolute atomic E-state index is 12.5. The van der Waals surface area contributed by atoms with Crippen LogP contribution in [0.1, 0.15) is 37.9 Å². The zero-order valence-corrected chi connectivity index (χ0v) is 12.5. The minimum Gasteiger partial charge on any atom is -1.00 e. The summed E-state index contributed by atoms with van der Waals surface area (Å²) >= 11 is 5.90. The molecule has 0 aliphatic heterocycles. The molecule has 0 amide bonds. The molecule has 1 aliphatic carbocycles. The summed E-state index contributed by atoms with van der Waals surface area (Å²) in [6, 6.07) is 6.90. The number of aromatic nitrogens is 2. The third-order valence-electron chi connectivity index (χ3n) is 3.64. The van der Waals surface area contributed by atoms with Gasteiger partial charge in [-0.25, -0.2) is 9.13 Å². The van der Waals surface area contributed by atoms with Crippen molar-refractivity contribution >= 4 is 23.2 Å². The molecule has 0 bridgehead atoms. The van der Waals surface area contributed by atoms with Gasteiger partial charge in [0, 0.05) is 11.1 Å². The summed E-state index contributed by atoms with van der Waals surface area (Å²) < 4.78 is 3.41. The van der Waals surface area contributed by atoms with Crippen LogP contribution in [0.25, 0.3) is 0 Å². The number of nitrogens with zero attached hydrogens (tertiary/aromatic N) is 2.